The molecule has 3 nitrogen and oxygen atoms in total. The van der Waals surface area contributed by atoms with Crippen LogP contribution in [0.15, 0.2) is 116 Å². The lowest BCUT2D eigenvalue weighted by molar-refractivity contribution is 0.658. The van der Waals surface area contributed by atoms with Crippen molar-refractivity contribution >= 4 is 31.5 Å². The zero-order valence-electron chi connectivity index (χ0n) is 22.2. The van der Waals surface area contributed by atoms with Gasteiger partial charge in [0.1, 0.15) is 0 Å². The van der Waals surface area contributed by atoms with Gasteiger partial charge in [-0.1, -0.05) is 92.7 Å². The van der Waals surface area contributed by atoms with Crippen LogP contribution < -0.4 is 0 Å². The van der Waals surface area contributed by atoms with Crippen LogP contribution in [0.5, 0.6) is 0 Å². The minimum absolute atomic E-state index is 0.225. The Morgan fingerprint density at radius 3 is 2.15 bits per heavy atom. The molecule has 1 aliphatic rings. The van der Waals surface area contributed by atoms with Gasteiger partial charge in [-0.25, -0.2) is 9.97 Å². The molecule has 0 aliphatic heterocycles. The molecule has 0 spiro atoms. The lowest BCUT2D eigenvalue weighted by atomic mass is 9.80. The number of thiophene rings is 1. The summed E-state index contributed by atoms with van der Waals surface area (Å²) in [5.41, 5.74) is 9.95. The summed E-state index contributed by atoms with van der Waals surface area (Å²) in [5.74, 6) is 0.746. The van der Waals surface area contributed by atoms with Gasteiger partial charge in [-0.3, -0.25) is 4.98 Å². The van der Waals surface area contributed by atoms with Crippen molar-refractivity contribution in [2.24, 2.45) is 0 Å². The van der Waals surface area contributed by atoms with Crippen molar-refractivity contribution in [3.63, 3.8) is 0 Å². The van der Waals surface area contributed by atoms with Crippen LogP contribution >= 0.6 is 11.3 Å². The first-order chi connectivity index (χ1) is 19.6. The van der Waals surface area contributed by atoms with E-state index >= 15 is 0 Å². The van der Waals surface area contributed by atoms with Crippen LogP contribution in [0.2, 0.25) is 0 Å². The molecule has 8 rings (SSSR count). The van der Waals surface area contributed by atoms with E-state index in [4.69, 9.17) is 9.97 Å². The summed E-state index contributed by atoms with van der Waals surface area (Å²) < 4.78 is 2.57. The molecular formula is C36H25N3S. The zero-order chi connectivity index (χ0) is 26.8. The fourth-order valence-corrected chi connectivity index (χ4v) is 7.47. The average Bonchev–Trinajstić information content (AvgIpc) is 3.50. The van der Waals surface area contributed by atoms with Crippen LogP contribution in [0.25, 0.3) is 65.2 Å². The first-order valence-corrected chi connectivity index (χ1v) is 14.3. The smallest absolute Gasteiger partial charge is 0.160 e. The monoisotopic (exact) mass is 531 g/mol. The summed E-state index contributed by atoms with van der Waals surface area (Å²) in [6.45, 7) is 4.61. The van der Waals surface area contributed by atoms with Crippen molar-refractivity contribution in [3.8, 4) is 45.0 Å². The quantitative estimate of drug-likeness (QED) is 0.228. The van der Waals surface area contributed by atoms with Crippen LogP contribution in [0.1, 0.15) is 25.0 Å². The van der Waals surface area contributed by atoms with Gasteiger partial charge in [-0.2, -0.15) is 0 Å². The molecule has 0 fully saturated rings. The van der Waals surface area contributed by atoms with Gasteiger partial charge in [0, 0.05) is 60.2 Å². The number of nitrogens with zero attached hydrogens (tertiary/aromatic N) is 3. The second kappa shape index (κ2) is 8.67. The van der Waals surface area contributed by atoms with Crippen molar-refractivity contribution in [1.82, 2.24) is 15.0 Å². The summed E-state index contributed by atoms with van der Waals surface area (Å²) in [5, 5.41) is 2.57. The highest BCUT2D eigenvalue weighted by Gasteiger charge is 2.40. The topological polar surface area (TPSA) is 38.7 Å². The molecule has 0 saturated heterocycles. The lowest BCUT2D eigenvalue weighted by Gasteiger charge is -2.24. The third kappa shape index (κ3) is 3.39. The van der Waals surface area contributed by atoms with Crippen LogP contribution in [0.3, 0.4) is 0 Å². The van der Waals surface area contributed by atoms with Crippen LogP contribution in [0.4, 0.5) is 0 Å². The van der Waals surface area contributed by atoms with E-state index in [2.05, 4.69) is 110 Å². The molecule has 190 valence electrons. The summed E-state index contributed by atoms with van der Waals surface area (Å²) in [4.78, 5) is 14.9. The highest BCUT2D eigenvalue weighted by atomic mass is 32.1. The van der Waals surface area contributed by atoms with E-state index in [1.807, 2.05) is 35.9 Å². The van der Waals surface area contributed by atoms with E-state index in [0.717, 1.165) is 33.9 Å². The molecule has 0 saturated carbocycles. The van der Waals surface area contributed by atoms with E-state index in [9.17, 15) is 0 Å². The largest absolute Gasteiger partial charge is 0.265 e. The van der Waals surface area contributed by atoms with Crippen LogP contribution in [0, 0.1) is 0 Å². The summed E-state index contributed by atoms with van der Waals surface area (Å²) in [6, 6.07) is 36.6. The summed E-state index contributed by atoms with van der Waals surface area (Å²) in [7, 11) is 0. The fourth-order valence-electron chi connectivity index (χ4n) is 6.26. The Hall–Kier alpha value is -4.67. The summed E-state index contributed by atoms with van der Waals surface area (Å²) in [6.07, 6.45) is 3.66. The maximum atomic E-state index is 5.40. The molecule has 7 aromatic rings. The van der Waals surface area contributed by atoms with E-state index in [1.54, 1.807) is 0 Å². The van der Waals surface area contributed by atoms with Gasteiger partial charge in [0.2, 0.25) is 0 Å². The lowest BCUT2D eigenvalue weighted by Crippen LogP contribution is -2.17. The SMILES string of the molecule is CC1(C)c2ccccc2-c2nc(-c3cccc(-c4ccncc4)c3)nc(-c3cccc4c3sc3ccccc34)c21. The maximum Gasteiger partial charge on any atom is 0.160 e. The van der Waals surface area contributed by atoms with Crippen LogP contribution in [-0.4, -0.2) is 15.0 Å². The highest BCUT2D eigenvalue weighted by molar-refractivity contribution is 7.26. The normalized spacial score (nSPS) is 13.4. The molecule has 3 aromatic heterocycles. The van der Waals surface area contributed by atoms with Crippen molar-refractivity contribution in [1.29, 1.82) is 0 Å². The number of rotatable bonds is 3. The number of hydrogen-bond donors (Lipinski definition) is 0. The van der Waals surface area contributed by atoms with Crippen LogP contribution in [-0.2, 0) is 5.41 Å². The third-order valence-electron chi connectivity index (χ3n) is 8.18. The number of pyridine rings is 1. The minimum Gasteiger partial charge on any atom is -0.265 e. The molecule has 4 heteroatoms. The molecular weight excluding hydrogens is 506 g/mol. The molecule has 0 radical (unpaired) electrons. The average molecular weight is 532 g/mol. The van der Waals surface area contributed by atoms with Gasteiger partial charge in [-0.05, 0) is 41.0 Å². The molecule has 4 aromatic carbocycles. The first-order valence-electron chi connectivity index (χ1n) is 13.5. The fraction of sp³-hybridized carbons (Fsp3) is 0.0833. The van der Waals surface area contributed by atoms with E-state index < -0.39 is 0 Å². The number of benzene rings is 4. The van der Waals surface area contributed by atoms with E-state index in [-0.39, 0.29) is 5.41 Å². The predicted octanol–water partition coefficient (Wildman–Crippen LogP) is 9.55. The van der Waals surface area contributed by atoms with Gasteiger partial charge in [0.05, 0.1) is 11.4 Å². The standard InChI is InChI=1S/C36H25N3S/c1-36(2)29-15-5-3-12-27(29)32-31(36)33(28-14-8-13-26-25-11-4-6-16-30(25)40-34(26)28)39-35(38-32)24-10-7-9-23(21-24)22-17-19-37-20-18-22/h3-21H,1-2H3. The number of aromatic nitrogens is 3. The molecule has 40 heavy (non-hydrogen) atoms. The Balaban J connectivity index is 1.44. The van der Waals surface area contributed by atoms with E-state index in [0.29, 0.717) is 0 Å². The molecule has 0 atom stereocenters. The second-order valence-electron chi connectivity index (χ2n) is 10.9. The number of fused-ring (bicyclic) bond motifs is 6. The highest BCUT2D eigenvalue weighted by Crippen LogP contribution is 2.52. The van der Waals surface area contributed by atoms with Crippen molar-refractivity contribution in [3.05, 3.63) is 127 Å². The van der Waals surface area contributed by atoms with Gasteiger partial charge in [0.15, 0.2) is 5.82 Å². The third-order valence-corrected chi connectivity index (χ3v) is 9.40. The zero-order valence-corrected chi connectivity index (χ0v) is 23.0. The Kier molecular flexibility index (Phi) is 5.04. The molecule has 3 heterocycles. The Morgan fingerprint density at radius 1 is 0.600 bits per heavy atom. The Bertz CT molecular complexity index is 2090. The number of hydrogen-bond acceptors (Lipinski definition) is 4. The van der Waals surface area contributed by atoms with Gasteiger partial charge >= 0.3 is 0 Å². The second-order valence-corrected chi connectivity index (χ2v) is 11.9. The summed E-state index contributed by atoms with van der Waals surface area (Å²) >= 11 is 1.85. The maximum absolute atomic E-state index is 5.40. The molecule has 1 aliphatic carbocycles. The van der Waals surface area contributed by atoms with Gasteiger partial charge < -0.3 is 0 Å². The molecule has 0 N–H and O–H groups in total. The molecule has 0 amide bonds. The first kappa shape index (κ1) is 23.2. The predicted molar refractivity (Wildman–Crippen MR) is 167 cm³/mol. The molecule has 0 bridgehead atoms. The van der Waals surface area contributed by atoms with Crippen molar-refractivity contribution in [2.75, 3.05) is 0 Å². The Morgan fingerprint density at radius 2 is 1.27 bits per heavy atom. The Labute approximate surface area is 236 Å². The van der Waals surface area contributed by atoms with Crippen molar-refractivity contribution in [2.45, 2.75) is 19.3 Å². The van der Waals surface area contributed by atoms with Gasteiger partial charge in [-0.15, -0.1) is 11.3 Å². The minimum atomic E-state index is -0.225. The van der Waals surface area contributed by atoms with Crippen molar-refractivity contribution < 1.29 is 0 Å². The molecule has 0 unspecified atom stereocenters. The van der Waals surface area contributed by atoms with E-state index in [1.165, 1.54) is 42.4 Å². The van der Waals surface area contributed by atoms with Gasteiger partial charge in [0.25, 0.3) is 0 Å².